The second-order valence-electron chi connectivity index (χ2n) is 6.95. The van der Waals surface area contributed by atoms with Crippen LogP contribution in [0.25, 0.3) is 0 Å². The summed E-state index contributed by atoms with van der Waals surface area (Å²) < 4.78 is 1.97. The molecule has 2 aromatic rings. The number of rotatable bonds is 4. The minimum atomic E-state index is -0.170. The van der Waals surface area contributed by atoms with Crippen LogP contribution in [0.5, 0.6) is 0 Å². The van der Waals surface area contributed by atoms with Gasteiger partial charge in [-0.05, 0) is 31.9 Å². The first-order chi connectivity index (χ1) is 11.9. The van der Waals surface area contributed by atoms with Gasteiger partial charge in [-0.2, -0.15) is 5.10 Å². The van der Waals surface area contributed by atoms with Crippen molar-refractivity contribution in [1.82, 2.24) is 9.78 Å². The lowest BCUT2D eigenvalue weighted by Crippen LogP contribution is -2.42. The molecular formula is C19H24N4O2. The number of benzene rings is 1. The van der Waals surface area contributed by atoms with Crippen LogP contribution in [0.1, 0.15) is 30.8 Å². The first kappa shape index (κ1) is 17.2. The Bertz CT molecular complexity index is 823. The molecule has 1 aliphatic heterocycles. The molecule has 6 nitrogen and oxygen atoms in total. The lowest BCUT2D eigenvalue weighted by atomic mass is 10.1. The van der Waals surface area contributed by atoms with E-state index in [1.807, 2.05) is 42.8 Å². The first-order valence-corrected chi connectivity index (χ1v) is 8.59. The average molecular weight is 340 g/mol. The molecule has 0 saturated carbocycles. The monoisotopic (exact) mass is 340 g/mol. The smallest absolute Gasteiger partial charge is 0.244 e. The third-order valence-corrected chi connectivity index (χ3v) is 4.47. The number of carbonyl (C=O) groups excluding carboxylic acids is 2. The number of anilines is 2. The molecule has 1 N–H and O–H groups in total. The molecule has 0 radical (unpaired) electrons. The van der Waals surface area contributed by atoms with Crippen molar-refractivity contribution >= 4 is 23.2 Å². The highest BCUT2D eigenvalue weighted by Gasteiger charge is 2.28. The van der Waals surface area contributed by atoms with Crippen LogP contribution >= 0.6 is 0 Å². The van der Waals surface area contributed by atoms with E-state index in [2.05, 4.69) is 24.3 Å². The Kier molecular flexibility index (Phi) is 4.61. The fourth-order valence-corrected chi connectivity index (χ4v) is 3.22. The third-order valence-electron chi connectivity index (χ3n) is 4.47. The highest BCUT2D eigenvalue weighted by atomic mass is 16.2. The van der Waals surface area contributed by atoms with Gasteiger partial charge in [-0.15, -0.1) is 0 Å². The van der Waals surface area contributed by atoms with Gasteiger partial charge >= 0.3 is 0 Å². The zero-order valence-corrected chi connectivity index (χ0v) is 15.2. The van der Waals surface area contributed by atoms with Gasteiger partial charge < -0.3 is 10.2 Å². The first-order valence-electron chi connectivity index (χ1n) is 8.59. The number of aromatic nitrogens is 2. The summed E-state index contributed by atoms with van der Waals surface area (Å²) in [5.41, 5.74) is 4.28. The molecule has 0 aliphatic carbocycles. The molecule has 0 unspecified atom stereocenters. The second kappa shape index (κ2) is 6.70. The second-order valence-corrected chi connectivity index (χ2v) is 6.95. The molecule has 1 aromatic heterocycles. The van der Waals surface area contributed by atoms with Gasteiger partial charge in [-0.1, -0.05) is 26.0 Å². The van der Waals surface area contributed by atoms with Gasteiger partial charge in [0.1, 0.15) is 6.54 Å². The highest BCUT2D eigenvalue weighted by molar-refractivity contribution is 6.10. The number of fused-ring (bicyclic) bond motifs is 1. The minimum Gasteiger partial charge on any atom is -0.323 e. The minimum absolute atomic E-state index is 0.0497. The molecule has 0 bridgehead atoms. The SMILES string of the molecule is Cc1nn(CC(C)C)c(C)c1CC(=O)N1CC(=O)Nc2ccccc21. The van der Waals surface area contributed by atoms with Crippen molar-refractivity contribution in [2.75, 3.05) is 16.8 Å². The summed E-state index contributed by atoms with van der Waals surface area (Å²) >= 11 is 0. The summed E-state index contributed by atoms with van der Waals surface area (Å²) in [5, 5.41) is 7.38. The summed E-state index contributed by atoms with van der Waals surface area (Å²) in [6.45, 7) is 9.10. The van der Waals surface area contributed by atoms with Gasteiger partial charge in [-0.3, -0.25) is 14.3 Å². The number of hydrogen-bond donors (Lipinski definition) is 1. The highest BCUT2D eigenvalue weighted by Crippen LogP contribution is 2.29. The third kappa shape index (κ3) is 3.43. The van der Waals surface area contributed by atoms with Crippen molar-refractivity contribution in [3.8, 4) is 0 Å². The van der Waals surface area contributed by atoms with E-state index in [0.29, 0.717) is 11.6 Å². The maximum atomic E-state index is 12.9. The van der Waals surface area contributed by atoms with Crippen LogP contribution < -0.4 is 10.2 Å². The van der Waals surface area contributed by atoms with E-state index in [0.717, 1.165) is 29.2 Å². The maximum Gasteiger partial charge on any atom is 0.244 e. The van der Waals surface area contributed by atoms with E-state index >= 15 is 0 Å². The Hall–Kier alpha value is -2.63. The van der Waals surface area contributed by atoms with E-state index < -0.39 is 0 Å². The van der Waals surface area contributed by atoms with Crippen LogP contribution in [0.3, 0.4) is 0 Å². The molecule has 2 heterocycles. The van der Waals surface area contributed by atoms with Gasteiger partial charge in [0.05, 0.1) is 23.5 Å². The van der Waals surface area contributed by atoms with Gasteiger partial charge in [0.25, 0.3) is 0 Å². The zero-order chi connectivity index (χ0) is 18.1. The fourth-order valence-electron chi connectivity index (χ4n) is 3.22. The zero-order valence-electron chi connectivity index (χ0n) is 15.2. The number of para-hydroxylation sites is 2. The Morgan fingerprint density at radius 1 is 1.28 bits per heavy atom. The molecule has 25 heavy (non-hydrogen) atoms. The predicted octanol–water partition coefficient (Wildman–Crippen LogP) is 2.68. The van der Waals surface area contributed by atoms with Gasteiger partial charge in [0.2, 0.25) is 11.8 Å². The van der Waals surface area contributed by atoms with E-state index in [-0.39, 0.29) is 24.8 Å². The van der Waals surface area contributed by atoms with Crippen molar-refractivity contribution < 1.29 is 9.59 Å². The molecule has 3 rings (SSSR count). The summed E-state index contributed by atoms with van der Waals surface area (Å²) in [5.74, 6) is 0.229. The molecule has 1 aromatic carbocycles. The number of nitrogens with zero attached hydrogens (tertiary/aromatic N) is 3. The number of nitrogens with one attached hydrogen (secondary N) is 1. The van der Waals surface area contributed by atoms with Gasteiger partial charge in [-0.25, -0.2) is 0 Å². The van der Waals surface area contributed by atoms with Crippen LogP contribution in [0.15, 0.2) is 24.3 Å². The lowest BCUT2D eigenvalue weighted by molar-refractivity contribution is -0.121. The Balaban J connectivity index is 1.86. The normalized spacial score (nSPS) is 13.8. The molecule has 0 atom stereocenters. The maximum absolute atomic E-state index is 12.9. The quantitative estimate of drug-likeness (QED) is 0.930. The molecule has 132 valence electrons. The lowest BCUT2D eigenvalue weighted by Gasteiger charge is -2.29. The van der Waals surface area contributed by atoms with Crippen LogP contribution in [0.4, 0.5) is 11.4 Å². The average Bonchev–Trinajstić information content (AvgIpc) is 2.80. The van der Waals surface area contributed by atoms with E-state index in [1.54, 1.807) is 4.90 Å². The Morgan fingerprint density at radius 3 is 2.72 bits per heavy atom. The molecule has 0 saturated heterocycles. The molecular weight excluding hydrogens is 316 g/mol. The van der Waals surface area contributed by atoms with Crippen LogP contribution in [0.2, 0.25) is 0 Å². The van der Waals surface area contributed by atoms with Crippen LogP contribution in [-0.2, 0) is 22.6 Å². The fraction of sp³-hybridized carbons (Fsp3) is 0.421. The van der Waals surface area contributed by atoms with E-state index in [9.17, 15) is 9.59 Å². The largest absolute Gasteiger partial charge is 0.323 e. The van der Waals surface area contributed by atoms with Crippen molar-refractivity contribution in [3.05, 3.63) is 41.2 Å². The molecule has 0 spiro atoms. The molecule has 6 heteroatoms. The summed E-state index contributed by atoms with van der Waals surface area (Å²) in [6.07, 6.45) is 0.247. The van der Waals surface area contributed by atoms with Crippen LogP contribution in [-0.4, -0.2) is 28.1 Å². The topological polar surface area (TPSA) is 67.2 Å². The number of hydrogen-bond acceptors (Lipinski definition) is 3. The van der Waals surface area contributed by atoms with Crippen molar-refractivity contribution in [3.63, 3.8) is 0 Å². The standard InChI is InChI=1S/C19H24N4O2/c1-12(2)10-23-14(4)15(13(3)21-23)9-19(25)22-11-18(24)20-16-7-5-6-8-17(16)22/h5-8,12H,9-11H2,1-4H3,(H,20,24). The molecule has 2 amide bonds. The van der Waals surface area contributed by atoms with Crippen molar-refractivity contribution in [2.45, 2.75) is 40.7 Å². The summed E-state index contributed by atoms with van der Waals surface area (Å²) in [7, 11) is 0. The Morgan fingerprint density at radius 2 is 2.00 bits per heavy atom. The van der Waals surface area contributed by atoms with Crippen molar-refractivity contribution in [1.29, 1.82) is 0 Å². The summed E-state index contributed by atoms with van der Waals surface area (Å²) in [6, 6.07) is 7.38. The van der Waals surface area contributed by atoms with Gasteiger partial charge in [0.15, 0.2) is 0 Å². The summed E-state index contributed by atoms with van der Waals surface area (Å²) in [4.78, 5) is 26.4. The number of carbonyl (C=O) groups is 2. The molecule has 0 fully saturated rings. The van der Waals surface area contributed by atoms with Crippen molar-refractivity contribution in [2.24, 2.45) is 5.92 Å². The predicted molar refractivity (Wildman–Crippen MR) is 97.7 cm³/mol. The number of aryl methyl sites for hydroxylation is 1. The van der Waals surface area contributed by atoms with Gasteiger partial charge in [0, 0.05) is 17.8 Å². The Labute approximate surface area is 147 Å². The molecule has 1 aliphatic rings. The van der Waals surface area contributed by atoms with E-state index in [1.165, 1.54) is 0 Å². The number of amides is 2. The van der Waals surface area contributed by atoms with E-state index in [4.69, 9.17) is 0 Å². The van der Waals surface area contributed by atoms with Crippen LogP contribution in [0, 0.1) is 19.8 Å².